The number of ether oxygens (including phenoxy) is 1. The van der Waals surface area contributed by atoms with Gasteiger partial charge in [-0.15, -0.1) is 11.3 Å². The number of pyridine rings is 1. The zero-order valence-corrected chi connectivity index (χ0v) is 16.2. The maximum atomic E-state index is 12.9. The maximum Gasteiger partial charge on any atom is 0.227 e. The van der Waals surface area contributed by atoms with Crippen LogP contribution in [0.15, 0.2) is 66.3 Å². The van der Waals surface area contributed by atoms with Gasteiger partial charge in [0, 0.05) is 23.8 Å². The van der Waals surface area contributed by atoms with Crippen LogP contribution in [0.4, 0.5) is 0 Å². The summed E-state index contributed by atoms with van der Waals surface area (Å²) in [5.41, 5.74) is 2.20. The minimum atomic E-state index is -0.201. The van der Waals surface area contributed by atoms with Gasteiger partial charge in [0.25, 0.3) is 0 Å². The summed E-state index contributed by atoms with van der Waals surface area (Å²) in [5.74, 6) is 0.665. The molecule has 1 atom stereocenters. The van der Waals surface area contributed by atoms with Crippen molar-refractivity contribution in [2.45, 2.75) is 25.2 Å². The fraction of sp³-hybridized carbons (Fsp3) is 0.273. The molecule has 4 nitrogen and oxygen atoms in total. The van der Waals surface area contributed by atoms with Gasteiger partial charge in [0.15, 0.2) is 0 Å². The number of hydrogen-bond donors (Lipinski definition) is 1. The lowest BCUT2D eigenvalue weighted by Crippen LogP contribution is -2.31. The van der Waals surface area contributed by atoms with Crippen LogP contribution in [0.5, 0.6) is 5.75 Å². The molecule has 1 amide bonds. The van der Waals surface area contributed by atoms with Gasteiger partial charge >= 0.3 is 0 Å². The third-order valence-corrected chi connectivity index (χ3v) is 5.38. The van der Waals surface area contributed by atoms with E-state index in [4.69, 9.17) is 4.74 Å². The molecule has 1 aromatic carbocycles. The second-order valence-corrected chi connectivity index (χ2v) is 7.40. The van der Waals surface area contributed by atoms with Crippen LogP contribution in [-0.4, -0.2) is 24.5 Å². The van der Waals surface area contributed by atoms with Crippen LogP contribution in [-0.2, 0) is 17.6 Å². The van der Waals surface area contributed by atoms with Crippen LogP contribution in [0.25, 0.3) is 0 Å². The van der Waals surface area contributed by atoms with E-state index in [1.165, 1.54) is 10.4 Å². The summed E-state index contributed by atoms with van der Waals surface area (Å²) in [7, 11) is 1.65. The molecule has 1 N–H and O–H groups in total. The number of nitrogens with one attached hydrogen (secondary N) is 1. The number of carbonyl (C=O) groups excluding carboxylic acids is 1. The number of amides is 1. The molecular formula is C22H24N2O2S. The summed E-state index contributed by atoms with van der Waals surface area (Å²) in [6, 6.07) is 15.9. The molecule has 1 unspecified atom stereocenters. The summed E-state index contributed by atoms with van der Waals surface area (Å²) >= 11 is 1.68. The van der Waals surface area contributed by atoms with Crippen molar-refractivity contribution in [3.63, 3.8) is 0 Å². The van der Waals surface area contributed by atoms with Crippen LogP contribution < -0.4 is 10.1 Å². The first kappa shape index (κ1) is 19.1. The number of benzene rings is 1. The van der Waals surface area contributed by atoms with Gasteiger partial charge in [-0.25, -0.2) is 0 Å². The highest BCUT2D eigenvalue weighted by molar-refractivity contribution is 7.09. The number of rotatable bonds is 9. The average Bonchev–Trinajstić information content (AvgIpc) is 3.23. The molecule has 0 aliphatic carbocycles. The Morgan fingerprint density at radius 1 is 1.19 bits per heavy atom. The van der Waals surface area contributed by atoms with Crippen LogP contribution >= 0.6 is 11.3 Å². The number of methoxy groups -OCH3 is 1. The Labute approximate surface area is 164 Å². The number of aryl methyl sites for hydroxylation is 1. The normalized spacial score (nSPS) is 11.7. The fourth-order valence-electron chi connectivity index (χ4n) is 3.00. The van der Waals surface area contributed by atoms with Crippen molar-refractivity contribution in [3.8, 4) is 5.75 Å². The molecule has 2 aromatic heterocycles. The van der Waals surface area contributed by atoms with Crippen molar-refractivity contribution >= 4 is 17.2 Å². The van der Waals surface area contributed by atoms with Gasteiger partial charge in [0.1, 0.15) is 5.75 Å². The molecule has 2 heterocycles. The highest BCUT2D eigenvalue weighted by Gasteiger charge is 2.21. The lowest BCUT2D eigenvalue weighted by atomic mass is 9.94. The number of aromatic nitrogens is 1. The Morgan fingerprint density at radius 3 is 2.70 bits per heavy atom. The molecule has 0 spiro atoms. The van der Waals surface area contributed by atoms with Gasteiger partial charge in [0.2, 0.25) is 5.91 Å². The summed E-state index contributed by atoms with van der Waals surface area (Å²) in [6.45, 7) is 0.658. The van der Waals surface area contributed by atoms with Crippen LogP contribution in [0, 0.1) is 0 Å². The lowest BCUT2D eigenvalue weighted by molar-refractivity contribution is -0.122. The molecule has 5 heteroatoms. The van der Waals surface area contributed by atoms with E-state index >= 15 is 0 Å². The van der Waals surface area contributed by atoms with Crippen molar-refractivity contribution in [1.82, 2.24) is 10.3 Å². The van der Waals surface area contributed by atoms with Gasteiger partial charge in [-0.3, -0.25) is 9.78 Å². The van der Waals surface area contributed by atoms with Crippen molar-refractivity contribution in [2.75, 3.05) is 13.7 Å². The molecule has 0 aliphatic heterocycles. The molecular weight excluding hydrogens is 356 g/mol. The molecule has 3 rings (SSSR count). The molecule has 0 radical (unpaired) electrons. The number of carbonyl (C=O) groups is 1. The summed E-state index contributed by atoms with van der Waals surface area (Å²) < 4.78 is 5.23. The van der Waals surface area contributed by atoms with Gasteiger partial charge in [-0.1, -0.05) is 24.3 Å². The molecule has 0 bridgehead atoms. The average molecular weight is 381 g/mol. The second kappa shape index (κ2) is 9.88. The lowest BCUT2D eigenvalue weighted by Gasteiger charge is -2.17. The predicted molar refractivity (Wildman–Crippen MR) is 109 cm³/mol. The Morgan fingerprint density at radius 2 is 2.04 bits per heavy atom. The number of hydrogen-bond acceptors (Lipinski definition) is 4. The third kappa shape index (κ3) is 5.66. The minimum Gasteiger partial charge on any atom is -0.497 e. The van der Waals surface area contributed by atoms with Crippen molar-refractivity contribution < 1.29 is 9.53 Å². The van der Waals surface area contributed by atoms with Gasteiger partial charge < -0.3 is 10.1 Å². The SMILES string of the molecule is COc1ccc(C(Cc2cccs2)C(=O)NCCCc2cccnc2)cc1. The van der Waals surface area contributed by atoms with Gasteiger partial charge in [-0.05, 0) is 60.0 Å². The third-order valence-electron chi connectivity index (χ3n) is 4.48. The van der Waals surface area contributed by atoms with E-state index in [-0.39, 0.29) is 11.8 Å². The topological polar surface area (TPSA) is 51.2 Å². The van der Waals surface area contributed by atoms with E-state index in [2.05, 4.69) is 22.4 Å². The fourth-order valence-corrected chi connectivity index (χ4v) is 3.75. The maximum absolute atomic E-state index is 12.9. The predicted octanol–water partition coefficient (Wildman–Crippen LogP) is 4.23. The molecule has 27 heavy (non-hydrogen) atoms. The van der Waals surface area contributed by atoms with Crippen molar-refractivity contribution in [3.05, 3.63) is 82.3 Å². The molecule has 0 saturated carbocycles. The zero-order valence-electron chi connectivity index (χ0n) is 15.4. The second-order valence-electron chi connectivity index (χ2n) is 6.37. The summed E-state index contributed by atoms with van der Waals surface area (Å²) in [6.07, 6.45) is 6.16. The summed E-state index contributed by atoms with van der Waals surface area (Å²) in [4.78, 5) is 18.2. The van der Waals surface area contributed by atoms with E-state index in [1.54, 1.807) is 24.6 Å². The van der Waals surface area contributed by atoms with Crippen LogP contribution in [0.1, 0.15) is 28.3 Å². The smallest absolute Gasteiger partial charge is 0.227 e. The monoisotopic (exact) mass is 380 g/mol. The van der Waals surface area contributed by atoms with Crippen LogP contribution in [0.3, 0.4) is 0 Å². The minimum absolute atomic E-state index is 0.0692. The Bertz CT molecular complexity index is 817. The summed E-state index contributed by atoms with van der Waals surface area (Å²) in [5, 5.41) is 5.15. The highest BCUT2D eigenvalue weighted by atomic mass is 32.1. The number of nitrogens with zero attached hydrogens (tertiary/aromatic N) is 1. The van der Waals surface area contributed by atoms with E-state index < -0.39 is 0 Å². The number of thiophene rings is 1. The van der Waals surface area contributed by atoms with Crippen LogP contribution in [0.2, 0.25) is 0 Å². The van der Waals surface area contributed by atoms with E-state index in [0.717, 1.165) is 24.2 Å². The van der Waals surface area contributed by atoms with Gasteiger partial charge in [0.05, 0.1) is 13.0 Å². The standard InChI is InChI=1S/C22H24N2O2S/c1-26-19-10-8-18(9-11-19)21(15-20-7-4-14-27-20)22(25)24-13-3-6-17-5-2-12-23-16-17/h2,4-5,7-12,14,16,21H,3,6,13,15H2,1H3,(H,24,25). The van der Waals surface area contributed by atoms with Gasteiger partial charge in [-0.2, -0.15) is 0 Å². The van der Waals surface area contributed by atoms with E-state index in [1.807, 2.05) is 48.0 Å². The van der Waals surface area contributed by atoms with Crippen molar-refractivity contribution in [1.29, 1.82) is 0 Å². The highest BCUT2D eigenvalue weighted by Crippen LogP contribution is 2.25. The molecule has 3 aromatic rings. The Kier molecular flexibility index (Phi) is 6.99. The molecule has 140 valence electrons. The first-order valence-electron chi connectivity index (χ1n) is 9.09. The first-order valence-corrected chi connectivity index (χ1v) is 9.97. The Balaban J connectivity index is 1.61. The largest absolute Gasteiger partial charge is 0.497 e. The Hall–Kier alpha value is -2.66. The zero-order chi connectivity index (χ0) is 18.9. The van der Waals surface area contributed by atoms with E-state index in [0.29, 0.717) is 13.0 Å². The quantitative estimate of drug-likeness (QED) is 0.565. The molecule has 0 fully saturated rings. The molecule has 0 aliphatic rings. The first-order chi connectivity index (χ1) is 13.3. The van der Waals surface area contributed by atoms with E-state index in [9.17, 15) is 4.79 Å². The van der Waals surface area contributed by atoms with Crippen molar-refractivity contribution in [2.24, 2.45) is 0 Å². The molecule has 0 saturated heterocycles.